The van der Waals surface area contributed by atoms with Crippen LogP contribution in [0.1, 0.15) is 19.3 Å². The fourth-order valence-electron chi connectivity index (χ4n) is 4.14. The average Bonchev–Trinajstić information content (AvgIpc) is 2.76. The zero-order chi connectivity index (χ0) is 19.2. The number of urea groups is 1. The summed E-state index contributed by atoms with van der Waals surface area (Å²) in [6.45, 7) is 5.30. The van der Waals surface area contributed by atoms with Gasteiger partial charge in [-0.25, -0.2) is 4.79 Å². The lowest BCUT2D eigenvalue weighted by molar-refractivity contribution is 0.0229. The summed E-state index contributed by atoms with van der Waals surface area (Å²) in [6.07, 6.45) is 3.36. The number of anilines is 1. The molecule has 2 fully saturated rings. The molecule has 4 rings (SSSR count). The van der Waals surface area contributed by atoms with Gasteiger partial charge in [0.1, 0.15) is 0 Å². The topological polar surface area (TPSA) is 44.8 Å². The molecule has 0 unspecified atom stereocenters. The number of nitrogens with zero attached hydrogens (tertiary/aromatic N) is 2. The number of hydrogen-bond acceptors (Lipinski definition) is 3. The van der Waals surface area contributed by atoms with E-state index in [1.54, 1.807) is 0 Å². The van der Waals surface area contributed by atoms with E-state index in [4.69, 9.17) is 4.74 Å². The molecule has 2 aliphatic rings. The molecule has 0 saturated carbocycles. The van der Waals surface area contributed by atoms with Gasteiger partial charge in [0.15, 0.2) is 0 Å². The number of benzene rings is 2. The smallest absolute Gasteiger partial charge is 0.322 e. The number of rotatable bonds is 4. The summed E-state index contributed by atoms with van der Waals surface area (Å²) in [5.41, 5.74) is 3.12. The Kier molecular flexibility index (Phi) is 6.24. The SMILES string of the molecule is O=C(Nc1cccc(-c2ccccc2)c1)N1CCCC[C@@H]1CN1CCOCC1. The Hall–Kier alpha value is -2.37. The Morgan fingerprint density at radius 2 is 1.75 bits per heavy atom. The third-order valence-corrected chi connectivity index (χ3v) is 5.68. The van der Waals surface area contributed by atoms with Crippen LogP contribution in [0.4, 0.5) is 10.5 Å². The Morgan fingerprint density at radius 3 is 2.57 bits per heavy atom. The third kappa shape index (κ3) is 4.72. The van der Waals surface area contributed by atoms with E-state index in [1.807, 2.05) is 41.3 Å². The fourth-order valence-corrected chi connectivity index (χ4v) is 4.14. The van der Waals surface area contributed by atoms with Crippen LogP contribution >= 0.6 is 0 Å². The molecule has 2 aliphatic heterocycles. The van der Waals surface area contributed by atoms with Gasteiger partial charge in [-0.2, -0.15) is 0 Å². The first-order valence-electron chi connectivity index (χ1n) is 10.3. The summed E-state index contributed by atoms with van der Waals surface area (Å²) in [5.74, 6) is 0. The van der Waals surface area contributed by atoms with Gasteiger partial charge in [0.2, 0.25) is 0 Å². The number of likely N-dealkylation sites (tertiary alicyclic amines) is 1. The molecule has 2 saturated heterocycles. The van der Waals surface area contributed by atoms with E-state index >= 15 is 0 Å². The zero-order valence-electron chi connectivity index (χ0n) is 16.3. The van der Waals surface area contributed by atoms with Crippen LogP contribution in [0.25, 0.3) is 11.1 Å². The molecule has 0 radical (unpaired) electrons. The Bertz CT molecular complexity index is 774. The van der Waals surface area contributed by atoms with Gasteiger partial charge in [0.25, 0.3) is 0 Å². The lowest BCUT2D eigenvalue weighted by Gasteiger charge is -2.39. The molecular weight excluding hydrogens is 350 g/mol. The number of carbonyl (C=O) groups excluding carboxylic acids is 1. The lowest BCUT2D eigenvalue weighted by Crippen LogP contribution is -2.52. The minimum Gasteiger partial charge on any atom is -0.379 e. The monoisotopic (exact) mass is 379 g/mol. The van der Waals surface area contributed by atoms with Crippen molar-refractivity contribution in [2.45, 2.75) is 25.3 Å². The maximum absolute atomic E-state index is 13.0. The summed E-state index contributed by atoms with van der Waals surface area (Å²) < 4.78 is 5.46. The van der Waals surface area contributed by atoms with Crippen molar-refractivity contribution in [3.05, 3.63) is 54.6 Å². The van der Waals surface area contributed by atoms with Gasteiger partial charge in [-0.15, -0.1) is 0 Å². The molecule has 2 amide bonds. The molecule has 0 spiro atoms. The highest BCUT2D eigenvalue weighted by Gasteiger charge is 2.28. The number of morpholine rings is 1. The van der Waals surface area contributed by atoms with Crippen molar-refractivity contribution < 1.29 is 9.53 Å². The van der Waals surface area contributed by atoms with Crippen LogP contribution in [-0.4, -0.2) is 61.3 Å². The molecule has 5 heteroatoms. The van der Waals surface area contributed by atoms with E-state index in [2.05, 4.69) is 28.4 Å². The van der Waals surface area contributed by atoms with Gasteiger partial charge in [-0.1, -0.05) is 42.5 Å². The predicted octanol–water partition coefficient (Wildman–Crippen LogP) is 4.07. The number of ether oxygens (including phenoxy) is 1. The van der Waals surface area contributed by atoms with Gasteiger partial charge in [0.05, 0.1) is 13.2 Å². The molecule has 0 bridgehead atoms. The molecular formula is C23H29N3O2. The van der Waals surface area contributed by atoms with Gasteiger partial charge in [-0.05, 0) is 42.5 Å². The number of carbonyl (C=O) groups is 1. The molecule has 28 heavy (non-hydrogen) atoms. The molecule has 2 aromatic rings. The van der Waals surface area contributed by atoms with Crippen molar-refractivity contribution in [1.82, 2.24) is 9.80 Å². The van der Waals surface area contributed by atoms with Crippen LogP contribution < -0.4 is 5.32 Å². The standard InChI is InChI=1S/C23H29N3O2/c27-23(24-21-10-6-9-20(17-21)19-7-2-1-3-8-19)26-12-5-4-11-22(26)18-25-13-15-28-16-14-25/h1-3,6-10,17,22H,4-5,11-16,18H2,(H,24,27)/t22-/m1/s1. The van der Waals surface area contributed by atoms with E-state index in [9.17, 15) is 4.79 Å². The minimum atomic E-state index is 0.0168. The number of nitrogens with one attached hydrogen (secondary N) is 1. The predicted molar refractivity (Wildman–Crippen MR) is 113 cm³/mol. The summed E-state index contributed by atoms with van der Waals surface area (Å²) >= 11 is 0. The summed E-state index contributed by atoms with van der Waals surface area (Å²) in [4.78, 5) is 17.5. The number of piperidine rings is 1. The van der Waals surface area contributed by atoms with Crippen molar-refractivity contribution in [2.75, 3.05) is 44.7 Å². The first-order chi connectivity index (χ1) is 13.8. The Morgan fingerprint density at radius 1 is 0.964 bits per heavy atom. The molecule has 1 atom stereocenters. The first kappa shape index (κ1) is 19.0. The van der Waals surface area contributed by atoms with E-state index in [1.165, 1.54) is 6.42 Å². The molecule has 0 aliphatic carbocycles. The zero-order valence-corrected chi connectivity index (χ0v) is 16.3. The van der Waals surface area contributed by atoms with Crippen molar-refractivity contribution >= 4 is 11.7 Å². The highest BCUT2D eigenvalue weighted by Crippen LogP contribution is 2.24. The Labute approximate surface area is 167 Å². The second-order valence-corrected chi connectivity index (χ2v) is 7.63. The quantitative estimate of drug-likeness (QED) is 0.871. The van der Waals surface area contributed by atoms with Gasteiger partial charge >= 0.3 is 6.03 Å². The second-order valence-electron chi connectivity index (χ2n) is 7.63. The van der Waals surface area contributed by atoms with E-state index in [-0.39, 0.29) is 12.1 Å². The van der Waals surface area contributed by atoms with Crippen molar-refractivity contribution in [3.63, 3.8) is 0 Å². The van der Waals surface area contributed by atoms with Crippen LogP contribution in [0, 0.1) is 0 Å². The van der Waals surface area contributed by atoms with Gasteiger partial charge < -0.3 is 15.0 Å². The molecule has 2 aromatic carbocycles. The highest BCUT2D eigenvalue weighted by molar-refractivity contribution is 5.90. The number of hydrogen-bond donors (Lipinski definition) is 1. The van der Waals surface area contributed by atoms with Crippen LogP contribution in [0.15, 0.2) is 54.6 Å². The summed E-state index contributed by atoms with van der Waals surface area (Å²) in [5, 5.41) is 3.13. The average molecular weight is 380 g/mol. The molecule has 0 aromatic heterocycles. The molecule has 5 nitrogen and oxygen atoms in total. The van der Waals surface area contributed by atoms with E-state index in [0.29, 0.717) is 0 Å². The van der Waals surface area contributed by atoms with Crippen molar-refractivity contribution in [3.8, 4) is 11.1 Å². The lowest BCUT2D eigenvalue weighted by atomic mass is 10.0. The summed E-state index contributed by atoms with van der Waals surface area (Å²) in [7, 11) is 0. The van der Waals surface area contributed by atoms with Crippen molar-refractivity contribution in [2.24, 2.45) is 0 Å². The van der Waals surface area contributed by atoms with E-state index in [0.717, 1.165) is 69.0 Å². The molecule has 2 heterocycles. The van der Waals surface area contributed by atoms with Crippen LogP contribution in [0.5, 0.6) is 0 Å². The maximum atomic E-state index is 13.0. The third-order valence-electron chi connectivity index (χ3n) is 5.68. The maximum Gasteiger partial charge on any atom is 0.322 e. The van der Waals surface area contributed by atoms with E-state index < -0.39 is 0 Å². The number of amides is 2. The largest absolute Gasteiger partial charge is 0.379 e. The van der Waals surface area contributed by atoms with Crippen LogP contribution in [-0.2, 0) is 4.74 Å². The fraction of sp³-hybridized carbons (Fsp3) is 0.435. The van der Waals surface area contributed by atoms with Gasteiger partial charge in [-0.3, -0.25) is 4.90 Å². The first-order valence-corrected chi connectivity index (χ1v) is 10.3. The second kappa shape index (κ2) is 9.22. The van der Waals surface area contributed by atoms with Gasteiger partial charge in [0, 0.05) is 37.9 Å². The highest BCUT2D eigenvalue weighted by atomic mass is 16.5. The minimum absolute atomic E-state index is 0.0168. The van der Waals surface area contributed by atoms with Crippen LogP contribution in [0.2, 0.25) is 0 Å². The summed E-state index contributed by atoms with van der Waals surface area (Å²) in [6, 6.07) is 18.6. The normalized spacial score (nSPS) is 20.7. The Balaban J connectivity index is 1.43. The molecule has 148 valence electrons. The van der Waals surface area contributed by atoms with Crippen LogP contribution in [0.3, 0.4) is 0 Å². The molecule has 1 N–H and O–H groups in total. The van der Waals surface area contributed by atoms with Crippen molar-refractivity contribution in [1.29, 1.82) is 0 Å².